The zero-order chi connectivity index (χ0) is 19.0. The number of para-hydroxylation sites is 2. The summed E-state index contributed by atoms with van der Waals surface area (Å²) in [5.41, 5.74) is 1.61. The minimum atomic E-state index is -1.01. The number of carbonyl (C=O) groups is 1. The molecule has 0 atom stereocenters. The number of hydrogen-bond acceptors (Lipinski definition) is 5. The van der Waals surface area contributed by atoms with Crippen LogP contribution in [0.1, 0.15) is 38.3 Å². The Morgan fingerprint density at radius 2 is 1.85 bits per heavy atom. The van der Waals surface area contributed by atoms with Crippen molar-refractivity contribution in [2.75, 3.05) is 18.0 Å². The lowest BCUT2D eigenvalue weighted by atomic mass is 9.87. The summed E-state index contributed by atoms with van der Waals surface area (Å²) in [5.74, 6) is 0.228. The third kappa shape index (κ3) is 3.03. The first kappa shape index (κ1) is 17.5. The van der Waals surface area contributed by atoms with Gasteiger partial charge in [0.25, 0.3) is 0 Å². The molecule has 1 saturated heterocycles. The summed E-state index contributed by atoms with van der Waals surface area (Å²) in [7, 11) is 0. The largest absolute Gasteiger partial charge is 0.479 e. The van der Waals surface area contributed by atoms with Crippen LogP contribution in [0.5, 0.6) is 0 Å². The Hall–Kier alpha value is -2.96. The smallest absolute Gasteiger partial charge is 0.331 e. The van der Waals surface area contributed by atoms with Crippen LogP contribution in [-0.4, -0.2) is 43.9 Å². The Bertz CT molecular complexity index is 973. The standard InChI is InChI=1S/C20H23N5O2/c1-14(2)15-7-10-25(23-15)20(19(26)27)8-11-24(12-9-20)18-13-21-16-5-3-4-6-17(16)22-18/h3-7,10,13-14H,8-9,11-12H2,1-2H3,(H,26,27). The van der Waals surface area contributed by atoms with Crippen LogP contribution in [0, 0.1) is 0 Å². The van der Waals surface area contributed by atoms with Gasteiger partial charge in [0.2, 0.25) is 0 Å². The average Bonchev–Trinajstić information content (AvgIpc) is 3.18. The van der Waals surface area contributed by atoms with Gasteiger partial charge in [0.1, 0.15) is 5.82 Å². The molecule has 1 aromatic carbocycles. The Morgan fingerprint density at radius 1 is 1.15 bits per heavy atom. The number of nitrogens with zero attached hydrogens (tertiary/aromatic N) is 5. The van der Waals surface area contributed by atoms with Crippen molar-refractivity contribution in [3.63, 3.8) is 0 Å². The fourth-order valence-electron chi connectivity index (χ4n) is 3.63. The molecule has 7 heteroatoms. The summed E-state index contributed by atoms with van der Waals surface area (Å²) in [6.07, 6.45) is 4.50. The van der Waals surface area contributed by atoms with Gasteiger partial charge in [-0.3, -0.25) is 9.67 Å². The number of carboxylic acid groups (broad SMARTS) is 1. The van der Waals surface area contributed by atoms with Crippen molar-refractivity contribution in [3.05, 3.63) is 48.4 Å². The molecule has 0 unspecified atom stereocenters. The zero-order valence-electron chi connectivity index (χ0n) is 15.5. The maximum absolute atomic E-state index is 12.2. The molecule has 1 aliphatic heterocycles. The fourth-order valence-corrected chi connectivity index (χ4v) is 3.63. The molecular weight excluding hydrogens is 342 g/mol. The molecule has 1 fully saturated rings. The molecule has 1 N–H and O–H groups in total. The molecule has 0 spiro atoms. The van der Waals surface area contributed by atoms with E-state index >= 15 is 0 Å². The van der Waals surface area contributed by atoms with E-state index in [0.29, 0.717) is 25.9 Å². The van der Waals surface area contributed by atoms with Gasteiger partial charge in [-0.05, 0) is 24.1 Å². The van der Waals surface area contributed by atoms with Crippen LogP contribution < -0.4 is 4.90 Å². The molecule has 0 amide bonds. The maximum Gasteiger partial charge on any atom is 0.331 e. The van der Waals surface area contributed by atoms with Crippen molar-refractivity contribution in [2.24, 2.45) is 0 Å². The molecule has 27 heavy (non-hydrogen) atoms. The monoisotopic (exact) mass is 365 g/mol. The molecule has 2 aromatic heterocycles. The van der Waals surface area contributed by atoms with Crippen molar-refractivity contribution in [2.45, 2.75) is 38.1 Å². The second kappa shape index (κ2) is 6.64. The zero-order valence-corrected chi connectivity index (χ0v) is 15.5. The predicted molar refractivity (Wildman–Crippen MR) is 103 cm³/mol. The van der Waals surface area contributed by atoms with E-state index < -0.39 is 11.5 Å². The highest BCUT2D eigenvalue weighted by Crippen LogP contribution is 2.32. The number of aliphatic carboxylic acids is 1. The van der Waals surface area contributed by atoms with Gasteiger partial charge in [0.15, 0.2) is 5.54 Å². The van der Waals surface area contributed by atoms with Gasteiger partial charge >= 0.3 is 5.97 Å². The summed E-state index contributed by atoms with van der Waals surface area (Å²) in [5, 5.41) is 14.5. The van der Waals surface area contributed by atoms with Crippen molar-refractivity contribution in [1.82, 2.24) is 19.7 Å². The lowest BCUT2D eigenvalue weighted by Crippen LogP contribution is -2.51. The van der Waals surface area contributed by atoms with E-state index in [4.69, 9.17) is 0 Å². The highest BCUT2D eigenvalue weighted by Gasteiger charge is 2.44. The Morgan fingerprint density at radius 3 is 2.48 bits per heavy atom. The van der Waals surface area contributed by atoms with Gasteiger partial charge in [-0.15, -0.1) is 0 Å². The Kier molecular flexibility index (Phi) is 4.30. The summed E-state index contributed by atoms with van der Waals surface area (Å²) in [6.45, 7) is 5.30. The first-order valence-corrected chi connectivity index (χ1v) is 9.26. The second-order valence-electron chi connectivity index (χ2n) is 7.38. The van der Waals surface area contributed by atoms with Gasteiger partial charge in [-0.1, -0.05) is 26.0 Å². The molecule has 1 aliphatic rings. The summed E-state index contributed by atoms with van der Waals surface area (Å²) >= 11 is 0. The first-order valence-electron chi connectivity index (χ1n) is 9.26. The van der Waals surface area contributed by atoms with E-state index in [1.54, 1.807) is 17.1 Å². The van der Waals surface area contributed by atoms with Crippen LogP contribution in [0.3, 0.4) is 0 Å². The lowest BCUT2D eigenvalue weighted by molar-refractivity contribution is -0.149. The normalized spacial score (nSPS) is 16.8. The minimum absolute atomic E-state index is 0.269. The number of anilines is 1. The predicted octanol–water partition coefficient (Wildman–Crippen LogP) is 3.03. The number of rotatable bonds is 4. The van der Waals surface area contributed by atoms with Crippen LogP contribution in [0.25, 0.3) is 11.0 Å². The van der Waals surface area contributed by atoms with E-state index in [2.05, 4.69) is 33.8 Å². The number of carboxylic acids is 1. The summed E-state index contributed by atoms with van der Waals surface area (Å²) in [4.78, 5) is 23.4. The van der Waals surface area contributed by atoms with E-state index in [0.717, 1.165) is 22.5 Å². The molecule has 0 bridgehead atoms. The second-order valence-corrected chi connectivity index (χ2v) is 7.38. The van der Waals surface area contributed by atoms with Crippen molar-refractivity contribution >= 4 is 22.8 Å². The van der Waals surface area contributed by atoms with Crippen LogP contribution >= 0.6 is 0 Å². The molecule has 0 saturated carbocycles. The van der Waals surface area contributed by atoms with Crippen LogP contribution in [0.15, 0.2) is 42.7 Å². The van der Waals surface area contributed by atoms with E-state index in [9.17, 15) is 9.90 Å². The summed E-state index contributed by atoms with van der Waals surface area (Å²) < 4.78 is 1.65. The van der Waals surface area contributed by atoms with Gasteiger partial charge in [0.05, 0.1) is 22.9 Å². The molecule has 7 nitrogen and oxygen atoms in total. The lowest BCUT2D eigenvalue weighted by Gasteiger charge is -2.39. The Balaban J connectivity index is 1.58. The van der Waals surface area contributed by atoms with Crippen molar-refractivity contribution in [1.29, 1.82) is 0 Å². The van der Waals surface area contributed by atoms with Crippen molar-refractivity contribution < 1.29 is 9.90 Å². The van der Waals surface area contributed by atoms with E-state index in [1.807, 2.05) is 30.3 Å². The van der Waals surface area contributed by atoms with E-state index in [1.165, 1.54) is 0 Å². The van der Waals surface area contributed by atoms with Gasteiger partial charge in [-0.2, -0.15) is 5.10 Å². The molecule has 3 heterocycles. The summed E-state index contributed by atoms with van der Waals surface area (Å²) in [6, 6.07) is 9.66. The number of benzene rings is 1. The number of fused-ring (bicyclic) bond motifs is 1. The number of hydrogen-bond donors (Lipinski definition) is 1. The third-order valence-corrected chi connectivity index (χ3v) is 5.39. The van der Waals surface area contributed by atoms with Gasteiger partial charge < -0.3 is 10.0 Å². The molecule has 0 radical (unpaired) electrons. The number of aromatic nitrogens is 4. The minimum Gasteiger partial charge on any atom is -0.479 e. The van der Waals surface area contributed by atoms with E-state index in [-0.39, 0.29) is 5.92 Å². The molecule has 4 rings (SSSR count). The van der Waals surface area contributed by atoms with Gasteiger partial charge in [-0.25, -0.2) is 9.78 Å². The Labute approximate surface area is 157 Å². The maximum atomic E-state index is 12.2. The SMILES string of the molecule is CC(C)c1ccn(C2(C(=O)O)CCN(c3cnc4ccccc4n3)CC2)n1. The third-order valence-electron chi connectivity index (χ3n) is 5.39. The fraction of sp³-hybridized carbons (Fsp3) is 0.400. The number of piperidine rings is 1. The van der Waals surface area contributed by atoms with Crippen LogP contribution in [0.2, 0.25) is 0 Å². The van der Waals surface area contributed by atoms with Crippen molar-refractivity contribution in [3.8, 4) is 0 Å². The molecule has 3 aromatic rings. The molecule has 0 aliphatic carbocycles. The van der Waals surface area contributed by atoms with Crippen LogP contribution in [0.4, 0.5) is 5.82 Å². The quantitative estimate of drug-likeness (QED) is 0.765. The first-order chi connectivity index (χ1) is 13.0. The highest BCUT2D eigenvalue weighted by molar-refractivity contribution is 5.78. The van der Waals surface area contributed by atoms with Crippen LogP contribution in [-0.2, 0) is 10.3 Å². The van der Waals surface area contributed by atoms with Gasteiger partial charge in [0, 0.05) is 32.1 Å². The topological polar surface area (TPSA) is 84.1 Å². The average molecular weight is 365 g/mol. The highest BCUT2D eigenvalue weighted by atomic mass is 16.4. The molecular formula is C20H23N5O2. The molecule has 140 valence electrons.